The third kappa shape index (κ3) is 4.01. The molecule has 4 heteroatoms. The van der Waals surface area contributed by atoms with E-state index in [9.17, 15) is 9.90 Å². The molecule has 0 amide bonds. The summed E-state index contributed by atoms with van der Waals surface area (Å²) in [6.45, 7) is 3.04. The summed E-state index contributed by atoms with van der Waals surface area (Å²) in [7, 11) is 1.67. The summed E-state index contributed by atoms with van der Waals surface area (Å²) < 4.78 is 5.34. The molecule has 1 aromatic carbocycles. The van der Waals surface area contributed by atoms with E-state index in [4.69, 9.17) is 4.74 Å². The van der Waals surface area contributed by atoms with Gasteiger partial charge < -0.3 is 9.84 Å². The number of aliphatic carboxylic acids is 1. The van der Waals surface area contributed by atoms with Crippen LogP contribution in [0.25, 0.3) is 0 Å². The molecule has 1 heterocycles. The predicted molar refractivity (Wildman–Crippen MR) is 87.2 cm³/mol. The molecule has 4 nitrogen and oxygen atoms in total. The highest BCUT2D eigenvalue weighted by molar-refractivity contribution is 5.73. The molecule has 122 valence electrons. The van der Waals surface area contributed by atoms with Crippen molar-refractivity contribution in [2.24, 2.45) is 0 Å². The zero-order chi connectivity index (χ0) is 15.9. The molecule has 0 saturated carbocycles. The third-order valence-corrected chi connectivity index (χ3v) is 4.54. The number of carboxylic acid groups (broad SMARTS) is 1. The van der Waals surface area contributed by atoms with E-state index in [0.29, 0.717) is 0 Å². The quantitative estimate of drug-likeness (QED) is 0.831. The van der Waals surface area contributed by atoms with Crippen LogP contribution in [0.15, 0.2) is 24.3 Å². The highest BCUT2D eigenvalue weighted by Gasteiger charge is 2.33. The fraction of sp³-hybridized carbons (Fsp3) is 0.611. The molecule has 1 aromatic rings. The summed E-state index contributed by atoms with van der Waals surface area (Å²) in [5.74, 6) is 0.145. The summed E-state index contributed by atoms with van der Waals surface area (Å²) in [5.41, 5.74) is 1.17. The number of hydrogen-bond donors (Lipinski definition) is 1. The first-order valence-electron chi connectivity index (χ1n) is 8.30. The van der Waals surface area contributed by atoms with Gasteiger partial charge in [0.25, 0.3) is 0 Å². The molecule has 1 fully saturated rings. The van der Waals surface area contributed by atoms with Crippen molar-refractivity contribution in [3.63, 3.8) is 0 Å². The van der Waals surface area contributed by atoms with Gasteiger partial charge in [0.05, 0.1) is 7.11 Å². The van der Waals surface area contributed by atoms with Crippen LogP contribution in [0.4, 0.5) is 0 Å². The number of hydrogen-bond acceptors (Lipinski definition) is 3. The van der Waals surface area contributed by atoms with E-state index in [1.165, 1.54) is 5.56 Å². The molecule has 2 unspecified atom stereocenters. The van der Waals surface area contributed by atoms with Crippen LogP contribution in [0.3, 0.4) is 0 Å². The lowest BCUT2D eigenvalue weighted by atomic mass is 9.93. The molecule has 22 heavy (non-hydrogen) atoms. The first kappa shape index (κ1) is 16.8. The minimum atomic E-state index is -0.691. The van der Waals surface area contributed by atoms with Gasteiger partial charge in [-0.25, -0.2) is 0 Å². The first-order valence-corrected chi connectivity index (χ1v) is 8.30. The molecule has 0 aromatic heterocycles. The van der Waals surface area contributed by atoms with E-state index in [0.717, 1.165) is 50.8 Å². The Bertz CT molecular complexity index is 489. The van der Waals surface area contributed by atoms with Crippen molar-refractivity contribution in [1.29, 1.82) is 0 Å². The number of carboxylic acids is 1. The Hall–Kier alpha value is -1.55. The van der Waals surface area contributed by atoms with Gasteiger partial charge in [-0.05, 0) is 43.5 Å². The van der Waals surface area contributed by atoms with Gasteiger partial charge in [0.1, 0.15) is 11.8 Å². The first-order chi connectivity index (χ1) is 10.7. The smallest absolute Gasteiger partial charge is 0.320 e. The van der Waals surface area contributed by atoms with Gasteiger partial charge in [-0.15, -0.1) is 0 Å². The van der Waals surface area contributed by atoms with Gasteiger partial charge in [0.15, 0.2) is 0 Å². The monoisotopic (exact) mass is 305 g/mol. The van der Waals surface area contributed by atoms with Crippen LogP contribution in [-0.2, 0) is 4.79 Å². The molecule has 2 atom stereocenters. The molecule has 0 radical (unpaired) electrons. The van der Waals surface area contributed by atoms with Crippen molar-refractivity contribution in [3.05, 3.63) is 29.8 Å². The molecule has 1 N–H and O–H groups in total. The maximum Gasteiger partial charge on any atom is 0.320 e. The van der Waals surface area contributed by atoms with Crippen molar-refractivity contribution in [1.82, 2.24) is 4.90 Å². The number of likely N-dealkylation sites (tertiary alicyclic amines) is 1. The largest absolute Gasteiger partial charge is 0.497 e. The molecular weight excluding hydrogens is 278 g/mol. The van der Waals surface area contributed by atoms with Crippen LogP contribution in [0.2, 0.25) is 0 Å². The average Bonchev–Trinajstić information content (AvgIpc) is 2.55. The van der Waals surface area contributed by atoms with Gasteiger partial charge in [-0.3, -0.25) is 9.69 Å². The zero-order valence-electron chi connectivity index (χ0n) is 13.6. The van der Waals surface area contributed by atoms with Gasteiger partial charge in [-0.2, -0.15) is 0 Å². The lowest BCUT2D eigenvalue weighted by Crippen LogP contribution is -2.46. The molecule has 1 saturated heterocycles. The van der Waals surface area contributed by atoms with E-state index in [-0.39, 0.29) is 12.1 Å². The minimum absolute atomic E-state index is 0.163. The second kappa shape index (κ2) is 8.18. The Morgan fingerprint density at radius 1 is 1.45 bits per heavy atom. The Balaban J connectivity index is 2.28. The number of piperidine rings is 1. The summed E-state index contributed by atoms with van der Waals surface area (Å²) in [6, 6.07) is 7.88. The van der Waals surface area contributed by atoms with Gasteiger partial charge in [-0.1, -0.05) is 38.3 Å². The van der Waals surface area contributed by atoms with Crippen LogP contribution < -0.4 is 4.74 Å². The van der Waals surface area contributed by atoms with Gasteiger partial charge >= 0.3 is 5.97 Å². The lowest BCUT2D eigenvalue weighted by molar-refractivity contribution is -0.146. The van der Waals surface area contributed by atoms with Crippen molar-refractivity contribution in [2.45, 2.75) is 57.5 Å². The number of benzene rings is 1. The molecule has 1 aliphatic rings. The van der Waals surface area contributed by atoms with E-state index in [2.05, 4.69) is 17.9 Å². The minimum Gasteiger partial charge on any atom is -0.497 e. The van der Waals surface area contributed by atoms with Crippen molar-refractivity contribution in [2.75, 3.05) is 13.7 Å². The van der Waals surface area contributed by atoms with Crippen molar-refractivity contribution >= 4 is 5.97 Å². The standard InChI is InChI=1S/C18H27NO3/c1-3-4-10-16(14-8-7-9-15(13-14)22-2)19-12-6-5-11-17(19)18(20)21/h7-9,13,16-17H,3-6,10-12H2,1-2H3,(H,20,21). The average molecular weight is 305 g/mol. The summed E-state index contributed by atoms with van der Waals surface area (Å²) in [6.07, 6.45) is 6.05. The molecule has 2 rings (SSSR count). The van der Waals surface area contributed by atoms with E-state index >= 15 is 0 Å². The Morgan fingerprint density at radius 2 is 2.27 bits per heavy atom. The van der Waals surface area contributed by atoms with E-state index in [1.807, 2.05) is 18.2 Å². The highest BCUT2D eigenvalue weighted by Crippen LogP contribution is 2.33. The Morgan fingerprint density at radius 3 is 2.95 bits per heavy atom. The summed E-state index contributed by atoms with van der Waals surface area (Å²) in [4.78, 5) is 13.8. The molecule has 0 aliphatic carbocycles. The van der Waals surface area contributed by atoms with Gasteiger partial charge in [0.2, 0.25) is 0 Å². The zero-order valence-corrected chi connectivity index (χ0v) is 13.6. The number of unbranched alkanes of at least 4 members (excludes halogenated alkanes) is 1. The number of ether oxygens (including phenoxy) is 1. The maximum atomic E-state index is 11.6. The Kier molecular flexibility index (Phi) is 6.25. The summed E-state index contributed by atoms with van der Waals surface area (Å²) >= 11 is 0. The normalized spacial score (nSPS) is 20.5. The Labute approximate surface area is 133 Å². The third-order valence-electron chi connectivity index (χ3n) is 4.54. The van der Waals surface area contributed by atoms with Crippen LogP contribution in [-0.4, -0.2) is 35.7 Å². The van der Waals surface area contributed by atoms with Crippen molar-refractivity contribution in [3.8, 4) is 5.75 Å². The molecule has 0 bridgehead atoms. The predicted octanol–water partition coefficient (Wildman–Crippen LogP) is 3.87. The number of methoxy groups -OCH3 is 1. The fourth-order valence-electron chi connectivity index (χ4n) is 3.36. The number of nitrogens with zero attached hydrogens (tertiary/aromatic N) is 1. The molecule has 1 aliphatic heterocycles. The van der Waals surface area contributed by atoms with Crippen LogP contribution in [0, 0.1) is 0 Å². The van der Waals surface area contributed by atoms with Crippen LogP contribution in [0.5, 0.6) is 5.75 Å². The van der Waals surface area contributed by atoms with Gasteiger partial charge in [0, 0.05) is 6.04 Å². The van der Waals surface area contributed by atoms with E-state index < -0.39 is 5.97 Å². The topological polar surface area (TPSA) is 49.8 Å². The second-order valence-electron chi connectivity index (χ2n) is 6.02. The number of carbonyl (C=O) groups is 1. The second-order valence-corrected chi connectivity index (χ2v) is 6.02. The maximum absolute atomic E-state index is 11.6. The van der Waals surface area contributed by atoms with Crippen LogP contribution in [0.1, 0.15) is 57.1 Å². The molecular formula is C18H27NO3. The molecule has 0 spiro atoms. The lowest BCUT2D eigenvalue weighted by Gasteiger charge is -2.39. The van der Waals surface area contributed by atoms with Crippen LogP contribution >= 0.6 is 0 Å². The highest BCUT2D eigenvalue weighted by atomic mass is 16.5. The van der Waals surface area contributed by atoms with Crippen molar-refractivity contribution < 1.29 is 14.6 Å². The number of rotatable bonds is 7. The summed E-state index contributed by atoms with van der Waals surface area (Å²) in [5, 5.41) is 9.56. The SMILES string of the molecule is CCCCC(c1cccc(OC)c1)N1CCCCC1C(=O)O. The fourth-order valence-corrected chi connectivity index (χ4v) is 3.36. The van der Waals surface area contributed by atoms with E-state index in [1.54, 1.807) is 7.11 Å².